The lowest BCUT2D eigenvalue weighted by atomic mass is 10.2. The molecule has 0 bridgehead atoms. The number of nitriles is 1. The quantitative estimate of drug-likeness (QED) is 0.670. The SMILES string of the molecule is N#Cc1ccc(Sc2nc3ccccc3s2)cc1Cl. The van der Waals surface area contributed by atoms with Gasteiger partial charge in [0.05, 0.1) is 20.8 Å². The maximum absolute atomic E-state index is 8.84. The number of nitrogens with zero attached hydrogens (tertiary/aromatic N) is 2. The van der Waals surface area contributed by atoms with Crippen LogP contribution in [0.3, 0.4) is 0 Å². The van der Waals surface area contributed by atoms with Crippen molar-refractivity contribution in [2.45, 2.75) is 9.24 Å². The van der Waals surface area contributed by atoms with Gasteiger partial charge in [0.1, 0.15) is 6.07 Å². The Hall–Kier alpha value is -1.54. The topological polar surface area (TPSA) is 36.7 Å². The van der Waals surface area contributed by atoms with Gasteiger partial charge in [-0.2, -0.15) is 5.26 Å². The number of benzene rings is 2. The van der Waals surface area contributed by atoms with Crippen molar-refractivity contribution in [3.05, 3.63) is 53.1 Å². The highest BCUT2D eigenvalue weighted by atomic mass is 35.5. The first kappa shape index (κ1) is 12.5. The largest absolute Gasteiger partial charge is 0.229 e. The van der Waals surface area contributed by atoms with E-state index in [0.717, 1.165) is 14.8 Å². The van der Waals surface area contributed by atoms with Crippen LogP contribution in [-0.2, 0) is 0 Å². The summed E-state index contributed by atoms with van der Waals surface area (Å²) >= 11 is 9.23. The Morgan fingerprint density at radius 2 is 2.05 bits per heavy atom. The molecule has 0 saturated heterocycles. The highest BCUT2D eigenvalue weighted by Gasteiger charge is 2.07. The third-order valence-corrected chi connectivity index (χ3v) is 4.94. The Labute approximate surface area is 123 Å². The van der Waals surface area contributed by atoms with Crippen molar-refractivity contribution in [2.75, 3.05) is 0 Å². The van der Waals surface area contributed by atoms with Crippen molar-refractivity contribution in [1.29, 1.82) is 5.26 Å². The third-order valence-electron chi connectivity index (χ3n) is 2.54. The second-order valence-electron chi connectivity index (χ2n) is 3.80. The van der Waals surface area contributed by atoms with Crippen LogP contribution in [0.25, 0.3) is 10.2 Å². The van der Waals surface area contributed by atoms with E-state index in [-0.39, 0.29) is 0 Å². The van der Waals surface area contributed by atoms with Crippen LogP contribution in [0.5, 0.6) is 0 Å². The maximum Gasteiger partial charge on any atom is 0.155 e. The van der Waals surface area contributed by atoms with Crippen molar-refractivity contribution >= 4 is 44.9 Å². The zero-order valence-electron chi connectivity index (χ0n) is 9.63. The highest BCUT2D eigenvalue weighted by Crippen LogP contribution is 2.35. The molecule has 3 rings (SSSR count). The highest BCUT2D eigenvalue weighted by molar-refractivity contribution is 8.01. The molecule has 5 heteroatoms. The monoisotopic (exact) mass is 302 g/mol. The fourth-order valence-corrected chi connectivity index (χ4v) is 4.01. The van der Waals surface area contributed by atoms with Crippen molar-refractivity contribution in [3.63, 3.8) is 0 Å². The molecule has 0 aliphatic rings. The van der Waals surface area contributed by atoms with Gasteiger partial charge in [-0.15, -0.1) is 11.3 Å². The Kier molecular flexibility index (Phi) is 3.43. The molecule has 0 unspecified atom stereocenters. The van der Waals surface area contributed by atoms with Gasteiger partial charge < -0.3 is 0 Å². The van der Waals surface area contributed by atoms with Crippen LogP contribution >= 0.6 is 34.7 Å². The number of fused-ring (bicyclic) bond motifs is 1. The van der Waals surface area contributed by atoms with Gasteiger partial charge in [0.15, 0.2) is 4.34 Å². The van der Waals surface area contributed by atoms with E-state index in [4.69, 9.17) is 16.9 Å². The average molecular weight is 303 g/mol. The van der Waals surface area contributed by atoms with Crippen molar-refractivity contribution in [2.24, 2.45) is 0 Å². The van der Waals surface area contributed by atoms with Gasteiger partial charge >= 0.3 is 0 Å². The maximum atomic E-state index is 8.84. The summed E-state index contributed by atoms with van der Waals surface area (Å²) in [6.07, 6.45) is 0. The molecule has 2 aromatic carbocycles. The van der Waals surface area contributed by atoms with Gasteiger partial charge in [0, 0.05) is 4.90 Å². The molecule has 2 nitrogen and oxygen atoms in total. The molecule has 0 N–H and O–H groups in total. The van der Waals surface area contributed by atoms with E-state index in [9.17, 15) is 0 Å². The average Bonchev–Trinajstić information content (AvgIpc) is 2.81. The fraction of sp³-hybridized carbons (Fsp3) is 0. The summed E-state index contributed by atoms with van der Waals surface area (Å²) in [5, 5.41) is 9.32. The molecule has 0 fully saturated rings. The number of hydrogen-bond acceptors (Lipinski definition) is 4. The van der Waals surface area contributed by atoms with Crippen LogP contribution in [0.4, 0.5) is 0 Å². The number of aromatic nitrogens is 1. The molecule has 0 aliphatic heterocycles. The van der Waals surface area contributed by atoms with Crippen molar-refractivity contribution in [1.82, 2.24) is 4.98 Å². The van der Waals surface area contributed by atoms with Gasteiger partial charge in [-0.05, 0) is 30.3 Å². The zero-order chi connectivity index (χ0) is 13.2. The molecule has 0 radical (unpaired) electrons. The molecule has 1 heterocycles. The van der Waals surface area contributed by atoms with Gasteiger partial charge in [-0.1, -0.05) is 35.5 Å². The van der Waals surface area contributed by atoms with E-state index in [1.807, 2.05) is 24.3 Å². The molecule has 0 saturated carbocycles. The van der Waals surface area contributed by atoms with E-state index >= 15 is 0 Å². The Morgan fingerprint density at radius 1 is 1.21 bits per heavy atom. The number of rotatable bonds is 2. The molecule has 0 aliphatic carbocycles. The number of hydrogen-bond donors (Lipinski definition) is 0. The first-order chi connectivity index (χ1) is 9.26. The Balaban J connectivity index is 1.92. The Morgan fingerprint density at radius 3 is 2.79 bits per heavy atom. The summed E-state index contributed by atoms with van der Waals surface area (Å²) in [7, 11) is 0. The van der Waals surface area contributed by atoms with E-state index in [2.05, 4.69) is 17.1 Å². The van der Waals surface area contributed by atoms with Crippen LogP contribution < -0.4 is 0 Å². The van der Waals surface area contributed by atoms with E-state index < -0.39 is 0 Å². The van der Waals surface area contributed by atoms with Crippen LogP contribution in [0.1, 0.15) is 5.56 Å². The molecule has 19 heavy (non-hydrogen) atoms. The van der Waals surface area contributed by atoms with Gasteiger partial charge in [-0.3, -0.25) is 0 Å². The van der Waals surface area contributed by atoms with Crippen molar-refractivity contribution < 1.29 is 0 Å². The smallest absolute Gasteiger partial charge is 0.155 e. The van der Waals surface area contributed by atoms with Crippen LogP contribution in [0, 0.1) is 11.3 Å². The van der Waals surface area contributed by atoms with Gasteiger partial charge in [0.25, 0.3) is 0 Å². The normalized spacial score (nSPS) is 10.5. The minimum absolute atomic E-state index is 0.480. The van der Waals surface area contributed by atoms with Crippen LogP contribution in [0.15, 0.2) is 51.7 Å². The van der Waals surface area contributed by atoms with Crippen LogP contribution in [0.2, 0.25) is 5.02 Å². The molecule has 0 amide bonds. The first-order valence-electron chi connectivity index (χ1n) is 5.49. The number of para-hydroxylation sites is 1. The fourth-order valence-electron chi connectivity index (χ4n) is 1.65. The zero-order valence-corrected chi connectivity index (χ0v) is 12.0. The minimum atomic E-state index is 0.480. The summed E-state index contributed by atoms with van der Waals surface area (Å²) in [6.45, 7) is 0. The van der Waals surface area contributed by atoms with E-state index in [0.29, 0.717) is 10.6 Å². The molecule has 3 aromatic rings. The molecule has 0 spiro atoms. The summed E-state index contributed by atoms with van der Waals surface area (Å²) in [4.78, 5) is 5.54. The summed E-state index contributed by atoms with van der Waals surface area (Å²) < 4.78 is 2.15. The lowest BCUT2D eigenvalue weighted by Crippen LogP contribution is -1.78. The van der Waals surface area contributed by atoms with E-state index in [1.54, 1.807) is 35.2 Å². The molecule has 1 aromatic heterocycles. The minimum Gasteiger partial charge on any atom is -0.229 e. The molecular formula is C14H7ClN2S2. The van der Waals surface area contributed by atoms with Crippen LogP contribution in [-0.4, -0.2) is 4.98 Å². The Bertz CT molecular complexity index is 756. The lowest BCUT2D eigenvalue weighted by molar-refractivity contribution is 1.29. The second kappa shape index (κ2) is 5.22. The summed E-state index contributed by atoms with van der Waals surface area (Å²) in [6, 6.07) is 15.5. The lowest BCUT2D eigenvalue weighted by Gasteiger charge is -1.99. The number of halogens is 1. The third kappa shape index (κ3) is 2.59. The molecule has 92 valence electrons. The second-order valence-corrected chi connectivity index (χ2v) is 6.56. The number of thiazole rings is 1. The standard InChI is InChI=1S/C14H7ClN2S2/c15-11-7-10(6-5-9(11)8-16)18-14-17-12-3-1-2-4-13(12)19-14/h1-7H. The molecular weight excluding hydrogens is 296 g/mol. The summed E-state index contributed by atoms with van der Waals surface area (Å²) in [5.41, 5.74) is 1.50. The predicted molar refractivity (Wildman–Crippen MR) is 79.9 cm³/mol. The summed E-state index contributed by atoms with van der Waals surface area (Å²) in [5.74, 6) is 0. The first-order valence-corrected chi connectivity index (χ1v) is 7.50. The van der Waals surface area contributed by atoms with E-state index in [1.165, 1.54) is 4.70 Å². The van der Waals surface area contributed by atoms with Gasteiger partial charge in [0.2, 0.25) is 0 Å². The van der Waals surface area contributed by atoms with Crippen molar-refractivity contribution in [3.8, 4) is 6.07 Å². The molecule has 0 atom stereocenters. The van der Waals surface area contributed by atoms with Gasteiger partial charge in [-0.25, -0.2) is 4.98 Å². The predicted octanol–water partition coefficient (Wildman–Crippen LogP) is 4.97.